The van der Waals surface area contributed by atoms with Crippen molar-refractivity contribution in [3.05, 3.63) is 42.2 Å². The molecule has 0 aliphatic carbocycles. The topological polar surface area (TPSA) is 51.6 Å². The first-order chi connectivity index (χ1) is 10.6. The van der Waals surface area contributed by atoms with Crippen molar-refractivity contribution in [2.75, 3.05) is 0 Å². The van der Waals surface area contributed by atoms with E-state index in [1.807, 2.05) is 5.51 Å². The lowest BCUT2D eigenvalue weighted by Gasteiger charge is -2.02. The summed E-state index contributed by atoms with van der Waals surface area (Å²) in [5.74, 6) is 0. The molecular weight excluding hydrogens is 332 g/mol. The number of thiazole rings is 2. The fourth-order valence-electron chi connectivity index (χ4n) is 2.45. The van der Waals surface area contributed by atoms with Crippen LogP contribution in [0.4, 0.5) is 0 Å². The average molecular weight is 351 g/mol. The SMILES string of the molecule is Cc1nc(C)c(CCc2ncsc2CCc2nnsc2C)s1. The predicted octanol–water partition coefficient (Wildman–Crippen LogP) is 3.95. The lowest BCUT2D eigenvalue weighted by atomic mass is 10.1. The van der Waals surface area contributed by atoms with Gasteiger partial charge in [-0.15, -0.1) is 27.8 Å². The molecule has 0 aliphatic heterocycles. The highest BCUT2D eigenvalue weighted by atomic mass is 32.1. The second-order valence-electron chi connectivity index (χ2n) is 5.24. The van der Waals surface area contributed by atoms with E-state index in [2.05, 4.69) is 40.3 Å². The van der Waals surface area contributed by atoms with E-state index in [1.54, 1.807) is 22.7 Å². The molecule has 7 heteroatoms. The van der Waals surface area contributed by atoms with Gasteiger partial charge < -0.3 is 0 Å². The van der Waals surface area contributed by atoms with E-state index in [4.69, 9.17) is 0 Å². The summed E-state index contributed by atoms with van der Waals surface area (Å²) in [4.78, 5) is 13.0. The largest absolute Gasteiger partial charge is 0.249 e. The molecule has 3 aromatic heterocycles. The quantitative estimate of drug-likeness (QED) is 0.675. The maximum Gasteiger partial charge on any atom is 0.0900 e. The fraction of sp³-hybridized carbons (Fsp3) is 0.467. The highest BCUT2D eigenvalue weighted by molar-refractivity contribution is 7.11. The third kappa shape index (κ3) is 3.59. The van der Waals surface area contributed by atoms with Crippen LogP contribution in [0.15, 0.2) is 5.51 Å². The standard InChI is InChI=1S/C15H18N4S3/c1-9-14(21-11(3)17-9)6-5-13-15(20-8-16-13)7-4-12-10(2)22-19-18-12/h8H,4-7H2,1-3H3. The molecule has 0 bridgehead atoms. The Balaban J connectivity index is 1.62. The highest BCUT2D eigenvalue weighted by Gasteiger charge is 2.11. The number of nitrogens with zero attached hydrogens (tertiary/aromatic N) is 4. The van der Waals surface area contributed by atoms with Crippen molar-refractivity contribution in [3.8, 4) is 0 Å². The monoisotopic (exact) mass is 350 g/mol. The Morgan fingerprint density at radius 3 is 2.41 bits per heavy atom. The summed E-state index contributed by atoms with van der Waals surface area (Å²) >= 11 is 5.04. The first-order valence-corrected chi connectivity index (χ1v) is 9.72. The van der Waals surface area contributed by atoms with Crippen molar-refractivity contribution >= 4 is 34.2 Å². The Morgan fingerprint density at radius 1 is 0.955 bits per heavy atom. The van der Waals surface area contributed by atoms with Gasteiger partial charge in [0.2, 0.25) is 0 Å². The second-order valence-corrected chi connectivity index (χ2v) is 8.42. The third-order valence-corrected chi connectivity index (χ3v) is 6.39. The third-order valence-electron chi connectivity index (χ3n) is 3.65. The molecule has 0 aromatic carbocycles. The zero-order chi connectivity index (χ0) is 15.5. The van der Waals surface area contributed by atoms with E-state index in [0.717, 1.165) is 36.4 Å². The van der Waals surface area contributed by atoms with Gasteiger partial charge >= 0.3 is 0 Å². The summed E-state index contributed by atoms with van der Waals surface area (Å²) in [6, 6.07) is 0. The predicted molar refractivity (Wildman–Crippen MR) is 93.2 cm³/mol. The van der Waals surface area contributed by atoms with Crippen molar-refractivity contribution in [1.82, 2.24) is 19.6 Å². The van der Waals surface area contributed by atoms with Gasteiger partial charge in [-0.1, -0.05) is 4.49 Å². The van der Waals surface area contributed by atoms with Crippen molar-refractivity contribution < 1.29 is 0 Å². The van der Waals surface area contributed by atoms with Gasteiger partial charge in [-0.05, 0) is 58.0 Å². The van der Waals surface area contributed by atoms with Crippen molar-refractivity contribution in [3.63, 3.8) is 0 Å². The Bertz CT molecular complexity index is 757. The van der Waals surface area contributed by atoms with Gasteiger partial charge in [-0.2, -0.15) is 0 Å². The molecular formula is C15H18N4S3. The van der Waals surface area contributed by atoms with E-state index in [-0.39, 0.29) is 0 Å². The van der Waals surface area contributed by atoms with E-state index >= 15 is 0 Å². The van der Waals surface area contributed by atoms with E-state index in [1.165, 1.54) is 37.6 Å². The van der Waals surface area contributed by atoms with Crippen LogP contribution in [0.5, 0.6) is 0 Å². The lowest BCUT2D eigenvalue weighted by molar-refractivity contribution is 0.860. The molecule has 3 heterocycles. The molecule has 0 radical (unpaired) electrons. The van der Waals surface area contributed by atoms with Gasteiger partial charge in [0, 0.05) is 14.6 Å². The number of hydrogen-bond donors (Lipinski definition) is 0. The summed E-state index contributed by atoms with van der Waals surface area (Å²) in [5.41, 5.74) is 5.49. The fourth-order valence-corrected chi connectivity index (χ4v) is 4.71. The van der Waals surface area contributed by atoms with Crippen LogP contribution in [-0.4, -0.2) is 19.6 Å². The molecule has 0 spiro atoms. The van der Waals surface area contributed by atoms with Crippen molar-refractivity contribution in [2.24, 2.45) is 0 Å². The Kier molecular flexibility index (Phi) is 4.95. The van der Waals surface area contributed by atoms with Crippen LogP contribution in [0.25, 0.3) is 0 Å². The molecule has 0 atom stereocenters. The van der Waals surface area contributed by atoms with Crippen molar-refractivity contribution in [1.29, 1.82) is 0 Å². The van der Waals surface area contributed by atoms with Gasteiger partial charge in [0.25, 0.3) is 0 Å². The minimum absolute atomic E-state index is 0.955. The molecule has 22 heavy (non-hydrogen) atoms. The summed E-state index contributed by atoms with van der Waals surface area (Å²) in [7, 11) is 0. The molecule has 0 saturated heterocycles. The molecule has 3 aromatic rings. The number of hydrogen-bond acceptors (Lipinski definition) is 7. The number of aromatic nitrogens is 4. The van der Waals surface area contributed by atoms with Crippen LogP contribution in [0.1, 0.15) is 36.7 Å². The number of aryl methyl sites for hydroxylation is 7. The van der Waals surface area contributed by atoms with Gasteiger partial charge in [0.15, 0.2) is 0 Å². The normalized spacial score (nSPS) is 11.2. The Morgan fingerprint density at radius 2 is 1.73 bits per heavy atom. The zero-order valence-electron chi connectivity index (χ0n) is 12.9. The van der Waals surface area contributed by atoms with Crippen LogP contribution in [0.3, 0.4) is 0 Å². The summed E-state index contributed by atoms with van der Waals surface area (Å²) in [6.45, 7) is 6.25. The number of rotatable bonds is 6. The van der Waals surface area contributed by atoms with E-state index < -0.39 is 0 Å². The van der Waals surface area contributed by atoms with Crippen LogP contribution < -0.4 is 0 Å². The second kappa shape index (κ2) is 6.93. The van der Waals surface area contributed by atoms with E-state index in [9.17, 15) is 0 Å². The lowest BCUT2D eigenvalue weighted by Crippen LogP contribution is -1.98. The van der Waals surface area contributed by atoms with Crippen molar-refractivity contribution in [2.45, 2.75) is 46.5 Å². The van der Waals surface area contributed by atoms with Crippen LogP contribution in [0.2, 0.25) is 0 Å². The highest BCUT2D eigenvalue weighted by Crippen LogP contribution is 2.22. The zero-order valence-corrected chi connectivity index (χ0v) is 15.4. The van der Waals surface area contributed by atoms with Crippen LogP contribution in [0, 0.1) is 20.8 Å². The molecule has 0 N–H and O–H groups in total. The van der Waals surface area contributed by atoms with Gasteiger partial charge in [-0.25, -0.2) is 9.97 Å². The van der Waals surface area contributed by atoms with Gasteiger partial charge in [-0.3, -0.25) is 0 Å². The maximum absolute atomic E-state index is 4.56. The first kappa shape index (κ1) is 15.7. The Labute approximate surface area is 142 Å². The summed E-state index contributed by atoms with van der Waals surface area (Å²) in [6.07, 6.45) is 3.99. The minimum atomic E-state index is 0.955. The molecule has 116 valence electrons. The molecule has 0 fully saturated rings. The molecule has 0 aliphatic rings. The first-order valence-electron chi connectivity index (χ1n) is 7.25. The van der Waals surface area contributed by atoms with E-state index in [0.29, 0.717) is 0 Å². The smallest absolute Gasteiger partial charge is 0.0900 e. The maximum atomic E-state index is 4.56. The molecule has 0 saturated carbocycles. The molecule has 3 rings (SSSR count). The molecule has 0 unspecified atom stereocenters. The van der Waals surface area contributed by atoms with Crippen LogP contribution in [-0.2, 0) is 25.7 Å². The van der Waals surface area contributed by atoms with Gasteiger partial charge in [0.1, 0.15) is 0 Å². The van der Waals surface area contributed by atoms with Gasteiger partial charge in [0.05, 0.1) is 27.6 Å². The minimum Gasteiger partial charge on any atom is -0.249 e. The average Bonchev–Trinajstić information content (AvgIpc) is 3.16. The van der Waals surface area contributed by atoms with Crippen LogP contribution >= 0.6 is 34.2 Å². The molecule has 4 nitrogen and oxygen atoms in total. The molecule has 0 amide bonds. The Hall–Kier alpha value is -1.18. The summed E-state index contributed by atoms with van der Waals surface area (Å²) in [5, 5.41) is 5.35. The summed E-state index contributed by atoms with van der Waals surface area (Å²) < 4.78 is 4.01.